The van der Waals surface area contributed by atoms with Gasteiger partial charge in [-0.05, 0) is 18.6 Å². The molecule has 0 amide bonds. The minimum absolute atomic E-state index is 0.0824. The zero-order chi connectivity index (χ0) is 12.5. The molecule has 0 bridgehead atoms. The van der Waals surface area contributed by atoms with Crippen molar-refractivity contribution in [3.63, 3.8) is 0 Å². The van der Waals surface area contributed by atoms with Crippen LogP contribution in [-0.2, 0) is 0 Å². The number of carbonyl (C=O) groups excluding carboxylic acids is 1. The lowest BCUT2D eigenvalue weighted by atomic mass is 10.1. The Morgan fingerprint density at radius 2 is 2.06 bits per heavy atom. The van der Waals surface area contributed by atoms with E-state index in [4.69, 9.17) is 4.74 Å². The minimum atomic E-state index is 0.0824. The SMILES string of the molecule is CCCCCCCC(=O)c1ncccc1OC. The molecule has 94 valence electrons. The van der Waals surface area contributed by atoms with Crippen molar-refractivity contribution in [2.75, 3.05) is 7.11 Å². The second-order valence-corrected chi connectivity index (χ2v) is 4.14. The molecule has 0 aliphatic rings. The van der Waals surface area contributed by atoms with Crippen molar-refractivity contribution < 1.29 is 9.53 Å². The second kappa shape index (κ2) is 7.82. The summed E-state index contributed by atoms with van der Waals surface area (Å²) < 4.78 is 5.13. The van der Waals surface area contributed by atoms with Crippen LogP contribution >= 0.6 is 0 Å². The molecule has 0 N–H and O–H groups in total. The van der Waals surface area contributed by atoms with Gasteiger partial charge < -0.3 is 4.74 Å². The van der Waals surface area contributed by atoms with E-state index >= 15 is 0 Å². The van der Waals surface area contributed by atoms with Gasteiger partial charge in [0.2, 0.25) is 0 Å². The Balaban J connectivity index is 2.41. The predicted molar refractivity (Wildman–Crippen MR) is 68.5 cm³/mol. The van der Waals surface area contributed by atoms with Crippen LogP contribution < -0.4 is 4.74 Å². The Bertz CT molecular complexity index is 350. The topological polar surface area (TPSA) is 39.2 Å². The molecule has 0 atom stereocenters. The van der Waals surface area contributed by atoms with Gasteiger partial charge in [0.15, 0.2) is 5.78 Å². The van der Waals surface area contributed by atoms with Gasteiger partial charge in [-0.25, -0.2) is 4.98 Å². The number of hydrogen-bond acceptors (Lipinski definition) is 3. The van der Waals surface area contributed by atoms with E-state index in [0.717, 1.165) is 12.8 Å². The van der Waals surface area contributed by atoms with Crippen molar-refractivity contribution in [3.05, 3.63) is 24.0 Å². The maximum absolute atomic E-state index is 11.9. The Morgan fingerprint density at radius 3 is 2.76 bits per heavy atom. The van der Waals surface area contributed by atoms with Gasteiger partial charge in [-0.15, -0.1) is 0 Å². The standard InChI is InChI=1S/C14H21NO2/c1-3-4-5-6-7-9-12(16)14-13(17-2)10-8-11-15-14/h8,10-11H,3-7,9H2,1-2H3. The fourth-order valence-electron chi connectivity index (χ4n) is 1.77. The highest BCUT2D eigenvalue weighted by atomic mass is 16.5. The van der Waals surface area contributed by atoms with Gasteiger partial charge in [0.1, 0.15) is 11.4 Å². The van der Waals surface area contributed by atoms with E-state index in [1.54, 1.807) is 25.4 Å². The van der Waals surface area contributed by atoms with Gasteiger partial charge in [0, 0.05) is 12.6 Å². The third-order valence-electron chi connectivity index (χ3n) is 2.76. The molecular weight excluding hydrogens is 214 g/mol. The zero-order valence-corrected chi connectivity index (χ0v) is 10.7. The van der Waals surface area contributed by atoms with Crippen molar-refractivity contribution in [2.24, 2.45) is 0 Å². The average molecular weight is 235 g/mol. The first-order valence-electron chi connectivity index (χ1n) is 6.31. The Morgan fingerprint density at radius 1 is 1.29 bits per heavy atom. The van der Waals surface area contributed by atoms with Crippen LogP contribution in [0.15, 0.2) is 18.3 Å². The number of hydrogen-bond donors (Lipinski definition) is 0. The number of ketones is 1. The van der Waals surface area contributed by atoms with E-state index in [0.29, 0.717) is 17.9 Å². The predicted octanol–water partition coefficient (Wildman–Crippen LogP) is 3.63. The van der Waals surface area contributed by atoms with Gasteiger partial charge in [0.25, 0.3) is 0 Å². The molecule has 0 radical (unpaired) electrons. The monoisotopic (exact) mass is 235 g/mol. The molecule has 0 fully saturated rings. The minimum Gasteiger partial charge on any atom is -0.494 e. The highest BCUT2D eigenvalue weighted by Gasteiger charge is 2.12. The van der Waals surface area contributed by atoms with Crippen LogP contribution in [0.1, 0.15) is 55.9 Å². The molecule has 0 aliphatic carbocycles. The molecule has 0 saturated carbocycles. The molecule has 0 aromatic carbocycles. The van der Waals surface area contributed by atoms with Gasteiger partial charge in [-0.3, -0.25) is 4.79 Å². The molecule has 1 heterocycles. The van der Waals surface area contributed by atoms with E-state index < -0.39 is 0 Å². The van der Waals surface area contributed by atoms with Gasteiger partial charge in [-0.1, -0.05) is 32.6 Å². The van der Waals surface area contributed by atoms with E-state index in [-0.39, 0.29) is 5.78 Å². The Hall–Kier alpha value is -1.38. The summed E-state index contributed by atoms with van der Waals surface area (Å²) in [6, 6.07) is 3.55. The summed E-state index contributed by atoms with van der Waals surface area (Å²) in [7, 11) is 1.56. The maximum atomic E-state index is 11.9. The smallest absolute Gasteiger partial charge is 0.184 e. The van der Waals surface area contributed by atoms with Gasteiger partial charge >= 0.3 is 0 Å². The summed E-state index contributed by atoms with van der Waals surface area (Å²) in [5.74, 6) is 0.657. The number of Topliss-reactive ketones (excluding diaryl/α,β-unsaturated/α-hetero) is 1. The van der Waals surface area contributed by atoms with Crippen molar-refractivity contribution in [1.29, 1.82) is 0 Å². The first-order chi connectivity index (χ1) is 8.29. The summed E-state index contributed by atoms with van der Waals surface area (Å²) in [6.07, 6.45) is 7.95. The molecular formula is C14H21NO2. The normalized spacial score (nSPS) is 10.2. The van der Waals surface area contributed by atoms with Crippen molar-refractivity contribution >= 4 is 5.78 Å². The van der Waals surface area contributed by atoms with Gasteiger partial charge in [-0.2, -0.15) is 0 Å². The summed E-state index contributed by atoms with van der Waals surface area (Å²) in [5.41, 5.74) is 0.463. The lowest BCUT2D eigenvalue weighted by molar-refractivity contribution is 0.0971. The molecule has 0 spiro atoms. The van der Waals surface area contributed by atoms with Crippen LogP contribution in [0.25, 0.3) is 0 Å². The summed E-state index contributed by atoms with van der Waals surface area (Å²) in [5, 5.41) is 0. The van der Waals surface area contributed by atoms with E-state index in [2.05, 4.69) is 11.9 Å². The van der Waals surface area contributed by atoms with Crippen LogP contribution in [0.2, 0.25) is 0 Å². The first kappa shape index (κ1) is 13.7. The Kier molecular flexibility index (Phi) is 6.30. The second-order valence-electron chi connectivity index (χ2n) is 4.14. The number of unbranched alkanes of at least 4 members (excludes halogenated alkanes) is 4. The number of pyridine rings is 1. The lowest BCUT2D eigenvalue weighted by Crippen LogP contribution is -2.04. The number of aromatic nitrogens is 1. The van der Waals surface area contributed by atoms with Gasteiger partial charge in [0.05, 0.1) is 7.11 Å². The maximum Gasteiger partial charge on any atom is 0.184 e. The third-order valence-corrected chi connectivity index (χ3v) is 2.76. The van der Waals surface area contributed by atoms with Crippen LogP contribution in [0, 0.1) is 0 Å². The quantitative estimate of drug-likeness (QED) is 0.510. The van der Waals surface area contributed by atoms with Crippen molar-refractivity contribution in [3.8, 4) is 5.75 Å². The molecule has 1 rings (SSSR count). The molecule has 1 aromatic heterocycles. The Labute approximate surface area is 103 Å². The third kappa shape index (κ3) is 4.55. The molecule has 3 heteroatoms. The summed E-state index contributed by atoms with van der Waals surface area (Å²) >= 11 is 0. The number of methoxy groups -OCH3 is 1. The number of nitrogens with zero attached hydrogens (tertiary/aromatic N) is 1. The highest BCUT2D eigenvalue weighted by molar-refractivity contribution is 5.96. The molecule has 17 heavy (non-hydrogen) atoms. The molecule has 0 aliphatic heterocycles. The zero-order valence-electron chi connectivity index (χ0n) is 10.7. The van der Waals surface area contributed by atoms with Crippen molar-refractivity contribution in [2.45, 2.75) is 45.4 Å². The molecule has 3 nitrogen and oxygen atoms in total. The fraction of sp³-hybridized carbons (Fsp3) is 0.571. The van der Waals surface area contributed by atoms with E-state index in [1.807, 2.05) is 0 Å². The molecule has 1 aromatic rings. The average Bonchev–Trinajstić information content (AvgIpc) is 2.38. The van der Waals surface area contributed by atoms with Crippen molar-refractivity contribution in [1.82, 2.24) is 4.98 Å². The van der Waals surface area contributed by atoms with E-state index in [9.17, 15) is 4.79 Å². The van der Waals surface area contributed by atoms with Crippen LogP contribution in [0.5, 0.6) is 5.75 Å². The highest BCUT2D eigenvalue weighted by Crippen LogP contribution is 2.17. The lowest BCUT2D eigenvalue weighted by Gasteiger charge is -2.05. The molecule has 0 saturated heterocycles. The number of rotatable bonds is 8. The number of ether oxygens (including phenoxy) is 1. The largest absolute Gasteiger partial charge is 0.494 e. The molecule has 0 unspecified atom stereocenters. The van der Waals surface area contributed by atoms with Crippen LogP contribution in [-0.4, -0.2) is 17.9 Å². The summed E-state index contributed by atoms with van der Waals surface area (Å²) in [6.45, 7) is 2.18. The summed E-state index contributed by atoms with van der Waals surface area (Å²) in [4.78, 5) is 16.0. The van der Waals surface area contributed by atoms with Crippen LogP contribution in [0.4, 0.5) is 0 Å². The first-order valence-corrected chi connectivity index (χ1v) is 6.31. The number of carbonyl (C=O) groups is 1. The van der Waals surface area contributed by atoms with Crippen LogP contribution in [0.3, 0.4) is 0 Å². The van der Waals surface area contributed by atoms with E-state index in [1.165, 1.54) is 19.3 Å². The fourth-order valence-corrected chi connectivity index (χ4v) is 1.77.